The Hall–Kier alpha value is -1.45. The zero-order valence-electron chi connectivity index (χ0n) is 18.8. The molecule has 1 heterocycles. The van der Waals surface area contributed by atoms with Crippen molar-refractivity contribution in [3.63, 3.8) is 0 Å². The van der Waals surface area contributed by atoms with Crippen LogP contribution in [0.5, 0.6) is 0 Å². The maximum atomic E-state index is 4.79. The third kappa shape index (κ3) is 5.04. The molecule has 2 fully saturated rings. The molecule has 2 aliphatic carbocycles. The molecule has 2 aromatic carbocycles. The van der Waals surface area contributed by atoms with Gasteiger partial charge >= 0.3 is 205 Å². The first-order chi connectivity index (χ1) is 15.8. The molecule has 1 aromatic heterocycles. The summed E-state index contributed by atoms with van der Waals surface area (Å²) in [6.45, 7) is 2.27. The van der Waals surface area contributed by atoms with Crippen LogP contribution < -0.4 is 13.6 Å². The Kier molecular flexibility index (Phi) is 7.44. The summed E-state index contributed by atoms with van der Waals surface area (Å²) < 4.78 is 7.66. The van der Waals surface area contributed by atoms with Gasteiger partial charge in [-0.1, -0.05) is 0 Å². The second-order valence-electron chi connectivity index (χ2n) is 9.06. The van der Waals surface area contributed by atoms with Crippen LogP contribution in [-0.4, -0.2) is 45.0 Å². The van der Waals surface area contributed by atoms with Crippen LogP contribution in [0.4, 0.5) is 0 Å². The predicted molar refractivity (Wildman–Crippen MR) is 131 cm³/mol. The SMILES string of the molecule is Cc1n(C2CCCCC2[Se]c2ccccc2)nn[n+]1C1CCCCC1[Se]c1ccccc1. The maximum absolute atomic E-state index is 4.79. The van der Waals surface area contributed by atoms with Crippen molar-refractivity contribution in [3.8, 4) is 0 Å². The molecule has 0 radical (unpaired) electrons. The summed E-state index contributed by atoms with van der Waals surface area (Å²) in [6, 6.07) is 23.2. The first kappa shape index (κ1) is 22.3. The van der Waals surface area contributed by atoms with Crippen molar-refractivity contribution < 1.29 is 4.68 Å². The van der Waals surface area contributed by atoms with Crippen molar-refractivity contribution in [2.45, 2.75) is 80.0 Å². The molecular formula is C26H33N4Se2+. The van der Waals surface area contributed by atoms with Crippen LogP contribution >= 0.6 is 0 Å². The van der Waals surface area contributed by atoms with Crippen LogP contribution in [-0.2, 0) is 0 Å². The Balaban J connectivity index is 1.37. The molecule has 4 nitrogen and oxygen atoms in total. The summed E-state index contributed by atoms with van der Waals surface area (Å²) in [6.07, 6.45) is 10.5. The van der Waals surface area contributed by atoms with Gasteiger partial charge in [-0.25, -0.2) is 0 Å². The van der Waals surface area contributed by atoms with Crippen molar-refractivity contribution in [2.24, 2.45) is 0 Å². The minimum atomic E-state index is 0.485. The summed E-state index contributed by atoms with van der Waals surface area (Å²) in [7, 11) is 0. The molecule has 0 spiro atoms. The summed E-state index contributed by atoms with van der Waals surface area (Å²) in [4.78, 5) is 1.42. The van der Waals surface area contributed by atoms with Crippen LogP contribution in [0.25, 0.3) is 0 Å². The quantitative estimate of drug-likeness (QED) is 0.341. The predicted octanol–water partition coefficient (Wildman–Crippen LogP) is 3.74. The molecule has 2 aliphatic rings. The molecule has 0 saturated heterocycles. The van der Waals surface area contributed by atoms with Gasteiger partial charge in [0.15, 0.2) is 0 Å². The van der Waals surface area contributed by atoms with Gasteiger partial charge in [-0.2, -0.15) is 0 Å². The van der Waals surface area contributed by atoms with Crippen molar-refractivity contribution in [2.75, 3.05) is 0 Å². The molecule has 3 aromatic rings. The van der Waals surface area contributed by atoms with Gasteiger partial charge in [0.05, 0.1) is 0 Å². The van der Waals surface area contributed by atoms with E-state index in [-0.39, 0.29) is 0 Å². The standard InChI is InChI=1S/C26H33N4Se2/c1-20-29(23-16-8-10-18-25(23)31-21-12-4-2-5-13-21)27-28-30(20)24-17-9-11-19-26(24)32-22-14-6-3-7-15-22/h2-7,12-15,23-26H,8-11,16-19H2,1H3/q+1. The third-order valence-electron chi connectivity index (χ3n) is 6.92. The molecule has 4 unspecified atom stereocenters. The molecule has 0 N–H and O–H groups in total. The molecule has 6 heteroatoms. The molecule has 0 bridgehead atoms. The average Bonchev–Trinajstić information content (AvgIpc) is 3.22. The summed E-state index contributed by atoms with van der Waals surface area (Å²) in [5, 5.41) is 9.59. The van der Waals surface area contributed by atoms with E-state index >= 15 is 0 Å². The first-order valence-electron chi connectivity index (χ1n) is 12.1. The summed E-state index contributed by atoms with van der Waals surface area (Å²) in [5.74, 6) is 1.27. The van der Waals surface area contributed by atoms with Gasteiger partial charge in [0.1, 0.15) is 0 Å². The van der Waals surface area contributed by atoms with Crippen molar-refractivity contribution >= 4 is 38.8 Å². The van der Waals surface area contributed by atoms with E-state index in [4.69, 9.17) is 10.4 Å². The van der Waals surface area contributed by atoms with E-state index in [1.807, 2.05) is 0 Å². The Morgan fingerprint density at radius 3 is 2.00 bits per heavy atom. The van der Waals surface area contributed by atoms with E-state index in [2.05, 4.69) is 77.0 Å². The van der Waals surface area contributed by atoms with Crippen LogP contribution in [0.3, 0.4) is 0 Å². The molecule has 0 amide bonds. The number of aromatic nitrogens is 4. The summed E-state index contributed by atoms with van der Waals surface area (Å²) >= 11 is 0.971. The van der Waals surface area contributed by atoms with E-state index in [0.29, 0.717) is 51.6 Å². The zero-order valence-corrected chi connectivity index (χ0v) is 22.3. The molecule has 2 saturated carbocycles. The van der Waals surface area contributed by atoms with Gasteiger partial charge < -0.3 is 0 Å². The Bertz CT molecular complexity index is 913. The normalized spacial score (nSPS) is 26.2. The van der Waals surface area contributed by atoms with Gasteiger partial charge in [-0.15, -0.1) is 0 Å². The Morgan fingerprint density at radius 2 is 1.31 bits per heavy atom. The number of tetrazole rings is 1. The molecule has 0 aliphatic heterocycles. The van der Waals surface area contributed by atoms with E-state index < -0.39 is 0 Å². The first-order valence-corrected chi connectivity index (χ1v) is 15.8. The monoisotopic (exact) mass is 561 g/mol. The number of rotatable bonds is 6. The molecule has 5 rings (SSSR count). The van der Waals surface area contributed by atoms with Crippen molar-refractivity contribution in [1.29, 1.82) is 0 Å². The van der Waals surface area contributed by atoms with E-state index in [1.54, 1.807) is 0 Å². The van der Waals surface area contributed by atoms with Crippen LogP contribution in [0.15, 0.2) is 60.7 Å². The third-order valence-corrected chi connectivity index (χ3v) is 12.8. The van der Waals surface area contributed by atoms with Gasteiger partial charge in [0.25, 0.3) is 0 Å². The second kappa shape index (κ2) is 10.7. The molecule has 168 valence electrons. The van der Waals surface area contributed by atoms with E-state index in [0.717, 1.165) is 0 Å². The molecule has 32 heavy (non-hydrogen) atoms. The Morgan fingerprint density at radius 1 is 0.750 bits per heavy atom. The van der Waals surface area contributed by atoms with Crippen molar-refractivity contribution in [3.05, 3.63) is 66.5 Å². The van der Waals surface area contributed by atoms with Gasteiger partial charge in [0, 0.05) is 0 Å². The number of hydrogen-bond donors (Lipinski definition) is 0. The van der Waals surface area contributed by atoms with E-state index in [1.165, 1.54) is 66.1 Å². The fraction of sp³-hybridized carbons (Fsp3) is 0.500. The second-order valence-corrected chi connectivity index (χ2v) is 14.6. The van der Waals surface area contributed by atoms with Gasteiger partial charge in [-0.3, -0.25) is 0 Å². The fourth-order valence-corrected chi connectivity index (χ4v) is 11.0. The van der Waals surface area contributed by atoms with Gasteiger partial charge in [0.2, 0.25) is 0 Å². The molecular weight excluding hydrogens is 526 g/mol. The van der Waals surface area contributed by atoms with Crippen LogP contribution in [0.2, 0.25) is 9.63 Å². The van der Waals surface area contributed by atoms with Crippen LogP contribution in [0.1, 0.15) is 69.3 Å². The minimum absolute atomic E-state index is 0.485. The van der Waals surface area contributed by atoms with Gasteiger partial charge in [-0.05, 0) is 0 Å². The Labute approximate surface area is 204 Å². The number of nitrogens with zero attached hydrogens (tertiary/aromatic N) is 4. The van der Waals surface area contributed by atoms with Crippen LogP contribution in [0, 0.1) is 6.92 Å². The topological polar surface area (TPSA) is 34.6 Å². The molecule has 4 atom stereocenters. The zero-order chi connectivity index (χ0) is 21.8. The number of hydrogen-bond acceptors (Lipinski definition) is 2. The fourth-order valence-electron chi connectivity index (χ4n) is 5.27. The summed E-state index contributed by atoms with van der Waals surface area (Å²) in [5.41, 5.74) is 0. The number of benzene rings is 2. The average molecular weight is 559 g/mol. The van der Waals surface area contributed by atoms with Crippen molar-refractivity contribution in [1.82, 2.24) is 15.1 Å². The van der Waals surface area contributed by atoms with E-state index in [9.17, 15) is 0 Å².